The monoisotopic (exact) mass is 386 g/mol. The van der Waals surface area contributed by atoms with Gasteiger partial charge in [0.05, 0.1) is 10.6 Å². The lowest BCUT2D eigenvalue weighted by Crippen LogP contribution is -2.39. The van der Waals surface area contributed by atoms with Crippen LogP contribution in [0.15, 0.2) is 36.4 Å². The van der Waals surface area contributed by atoms with E-state index in [1.165, 1.54) is 17.7 Å². The van der Waals surface area contributed by atoms with Crippen molar-refractivity contribution < 1.29 is 9.18 Å². The maximum Gasteiger partial charge on any atom is 0.255 e. The summed E-state index contributed by atoms with van der Waals surface area (Å²) in [6.45, 7) is 2.47. The molecule has 2 heterocycles. The Balaban J connectivity index is 1.39. The topological polar surface area (TPSA) is 23.6 Å². The van der Waals surface area contributed by atoms with Crippen LogP contribution in [0.3, 0.4) is 0 Å². The summed E-state index contributed by atoms with van der Waals surface area (Å²) in [7, 11) is 2.05. The first kappa shape index (κ1) is 18.3. The summed E-state index contributed by atoms with van der Waals surface area (Å²) in [6, 6.07) is 10.7. The third-order valence-electron chi connectivity index (χ3n) is 5.87. The fraction of sp³-hybridized carbons (Fsp3) is 0.409. The Kier molecular flexibility index (Phi) is 5.09. The summed E-state index contributed by atoms with van der Waals surface area (Å²) in [5.41, 5.74) is 4.13. The van der Waals surface area contributed by atoms with E-state index in [1.807, 2.05) is 29.2 Å². The number of fused-ring (bicyclic) bond motifs is 1. The van der Waals surface area contributed by atoms with E-state index >= 15 is 0 Å². The van der Waals surface area contributed by atoms with Crippen LogP contribution in [0.4, 0.5) is 10.1 Å². The van der Waals surface area contributed by atoms with Gasteiger partial charge in [-0.25, -0.2) is 4.39 Å². The smallest absolute Gasteiger partial charge is 0.255 e. The number of anilines is 1. The predicted octanol–water partition coefficient (Wildman–Crippen LogP) is 4.57. The fourth-order valence-electron chi connectivity index (χ4n) is 4.20. The molecule has 0 spiro atoms. The van der Waals surface area contributed by atoms with E-state index < -0.39 is 0 Å². The molecule has 0 N–H and O–H groups in total. The number of likely N-dealkylation sites (tertiary alicyclic amines) is 1. The van der Waals surface area contributed by atoms with E-state index in [2.05, 4.69) is 11.9 Å². The van der Waals surface area contributed by atoms with Crippen LogP contribution >= 0.6 is 11.6 Å². The van der Waals surface area contributed by atoms with Crippen molar-refractivity contribution in [1.82, 2.24) is 4.90 Å². The van der Waals surface area contributed by atoms with Crippen LogP contribution in [-0.4, -0.2) is 37.5 Å². The molecule has 2 aromatic carbocycles. The maximum absolute atomic E-state index is 13.0. The van der Waals surface area contributed by atoms with E-state index in [0.717, 1.165) is 56.6 Å². The van der Waals surface area contributed by atoms with E-state index in [4.69, 9.17) is 11.6 Å². The van der Waals surface area contributed by atoms with Crippen molar-refractivity contribution in [1.29, 1.82) is 0 Å². The molecule has 3 nitrogen and oxygen atoms in total. The van der Waals surface area contributed by atoms with Crippen LogP contribution in [0.2, 0.25) is 5.02 Å². The highest BCUT2D eigenvalue weighted by molar-refractivity contribution is 6.34. The standard InChI is InChI=1S/C22H24ClFN2O/c1-25-9-8-17-13-19(20(23)14-21(17)25)22(27)26-10-6-16(7-11-26)12-15-2-4-18(24)5-3-15/h2-5,13-14,16H,6-12H2,1H3. The molecule has 142 valence electrons. The third-order valence-corrected chi connectivity index (χ3v) is 6.18. The minimum absolute atomic E-state index is 0.0394. The molecule has 0 saturated carbocycles. The van der Waals surface area contributed by atoms with Crippen LogP contribution in [-0.2, 0) is 12.8 Å². The number of likely N-dealkylation sites (N-methyl/N-ethyl adjacent to an activating group) is 1. The van der Waals surface area contributed by atoms with Gasteiger partial charge in [0.2, 0.25) is 0 Å². The summed E-state index contributed by atoms with van der Waals surface area (Å²) < 4.78 is 13.0. The molecule has 1 fully saturated rings. The normalized spacial score (nSPS) is 17.3. The number of piperidine rings is 1. The molecule has 0 bridgehead atoms. The van der Waals surface area contributed by atoms with Gasteiger partial charge >= 0.3 is 0 Å². The van der Waals surface area contributed by atoms with Crippen molar-refractivity contribution in [2.45, 2.75) is 25.7 Å². The second kappa shape index (κ2) is 7.51. The van der Waals surface area contributed by atoms with Gasteiger partial charge < -0.3 is 9.80 Å². The number of hydrogen-bond donors (Lipinski definition) is 0. The lowest BCUT2D eigenvalue weighted by Gasteiger charge is -2.32. The first-order valence-electron chi connectivity index (χ1n) is 9.58. The maximum atomic E-state index is 13.0. The number of nitrogens with zero attached hydrogens (tertiary/aromatic N) is 2. The lowest BCUT2D eigenvalue weighted by atomic mass is 9.90. The predicted molar refractivity (Wildman–Crippen MR) is 107 cm³/mol. The van der Waals surface area contributed by atoms with E-state index in [1.54, 1.807) is 0 Å². The van der Waals surface area contributed by atoms with Crippen LogP contribution in [0.1, 0.15) is 34.3 Å². The highest BCUT2D eigenvalue weighted by Crippen LogP contribution is 2.33. The molecular weight excluding hydrogens is 363 g/mol. The van der Waals surface area contributed by atoms with Gasteiger partial charge in [0.1, 0.15) is 5.82 Å². The average molecular weight is 387 g/mol. The number of amides is 1. The van der Waals surface area contributed by atoms with Crippen molar-refractivity contribution in [2.24, 2.45) is 5.92 Å². The van der Waals surface area contributed by atoms with Crippen molar-refractivity contribution in [3.05, 3.63) is 63.9 Å². The SMILES string of the molecule is CN1CCc2cc(C(=O)N3CCC(Cc4ccc(F)cc4)CC3)c(Cl)cc21. The Hall–Kier alpha value is -2.07. The number of halogens is 2. The summed E-state index contributed by atoms with van der Waals surface area (Å²) in [5.74, 6) is 0.373. The summed E-state index contributed by atoms with van der Waals surface area (Å²) >= 11 is 6.43. The third kappa shape index (κ3) is 3.81. The first-order chi connectivity index (χ1) is 13.0. The zero-order valence-electron chi connectivity index (χ0n) is 15.5. The Bertz CT molecular complexity index is 844. The molecule has 2 aliphatic rings. The minimum atomic E-state index is -0.198. The Morgan fingerprint density at radius 3 is 2.56 bits per heavy atom. The first-order valence-corrected chi connectivity index (χ1v) is 9.96. The summed E-state index contributed by atoms with van der Waals surface area (Å²) in [6.07, 6.45) is 3.83. The average Bonchev–Trinajstić information content (AvgIpc) is 3.03. The fourth-order valence-corrected chi connectivity index (χ4v) is 4.44. The van der Waals surface area contributed by atoms with Gasteiger partial charge in [0.25, 0.3) is 5.91 Å². The lowest BCUT2D eigenvalue weighted by molar-refractivity contribution is 0.0690. The van der Waals surface area contributed by atoms with Crippen LogP contribution < -0.4 is 4.90 Å². The number of carbonyl (C=O) groups is 1. The largest absolute Gasteiger partial charge is 0.374 e. The molecule has 0 aliphatic carbocycles. The molecule has 2 aliphatic heterocycles. The second-order valence-corrected chi connectivity index (χ2v) is 8.11. The Morgan fingerprint density at radius 2 is 1.85 bits per heavy atom. The van der Waals surface area contributed by atoms with Crippen molar-refractivity contribution in [3.8, 4) is 0 Å². The molecule has 2 aromatic rings. The molecule has 1 amide bonds. The minimum Gasteiger partial charge on any atom is -0.374 e. The van der Waals surface area contributed by atoms with Crippen molar-refractivity contribution >= 4 is 23.2 Å². The number of rotatable bonds is 3. The van der Waals surface area contributed by atoms with Crippen molar-refractivity contribution in [3.63, 3.8) is 0 Å². The Labute approximate surface area is 164 Å². The molecule has 0 radical (unpaired) electrons. The number of carbonyl (C=O) groups excluding carboxylic acids is 1. The quantitative estimate of drug-likeness (QED) is 0.771. The van der Waals surface area contributed by atoms with Gasteiger partial charge in [-0.15, -0.1) is 0 Å². The molecular formula is C22H24ClFN2O. The molecule has 4 rings (SSSR count). The molecule has 27 heavy (non-hydrogen) atoms. The van der Waals surface area contributed by atoms with Gasteiger partial charge in [0, 0.05) is 32.4 Å². The molecule has 1 saturated heterocycles. The van der Waals surface area contributed by atoms with Gasteiger partial charge in [-0.2, -0.15) is 0 Å². The van der Waals surface area contributed by atoms with E-state index in [-0.39, 0.29) is 11.7 Å². The van der Waals surface area contributed by atoms with Crippen molar-refractivity contribution in [2.75, 3.05) is 31.6 Å². The van der Waals surface area contributed by atoms with Gasteiger partial charge in [-0.1, -0.05) is 23.7 Å². The second-order valence-electron chi connectivity index (χ2n) is 7.70. The van der Waals surface area contributed by atoms with Gasteiger partial charge in [-0.3, -0.25) is 4.79 Å². The zero-order chi connectivity index (χ0) is 19.0. The molecule has 0 atom stereocenters. The number of benzene rings is 2. The summed E-state index contributed by atoms with van der Waals surface area (Å²) in [4.78, 5) is 17.1. The van der Waals surface area contributed by atoms with Crippen LogP contribution in [0, 0.1) is 11.7 Å². The zero-order valence-corrected chi connectivity index (χ0v) is 16.3. The number of hydrogen-bond acceptors (Lipinski definition) is 2. The molecule has 0 aromatic heterocycles. The Morgan fingerprint density at radius 1 is 1.15 bits per heavy atom. The van der Waals surface area contributed by atoms with E-state index in [9.17, 15) is 9.18 Å². The van der Waals surface area contributed by atoms with E-state index in [0.29, 0.717) is 16.5 Å². The summed E-state index contributed by atoms with van der Waals surface area (Å²) in [5, 5.41) is 0.543. The van der Waals surface area contributed by atoms with Crippen LogP contribution in [0.25, 0.3) is 0 Å². The van der Waals surface area contributed by atoms with Gasteiger partial charge in [-0.05, 0) is 67.0 Å². The van der Waals surface area contributed by atoms with Gasteiger partial charge in [0.15, 0.2) is 0 Å². The highest BCUT2D eigenvalue weighted by atomic mass is 35.5. The molecule has 0 unspecified atom stereocenters. The highest BCUT2D eigenvalue weighted by Gasteiger charge is 2.27. The van der Waals surface area contributed by atoms with Crippen LogP contribution in [0.5, 0.6) is 0 Å². The molecule has 5 heteroatoms.